The summed E-state index contributed by atoms with van der Waals surface area (Å²) in [5.41, 5.74) is 0.525. The topological polar surface area (TPSA) is 55.2 Å². The first-order valence-electron chi connectivity index (χ1n) is 4.24. The summed E-state index contributed by atoms with van der Waals surface area (Å²) in [4.78, 5) is 23.7. The van der Waals surface area contributed by atoms with Crippen molar-refractivity contribution in [1.82, 2.24) is 14.7 Å². The molecule has 0 spiro atoms. The van der Waals surface area contributed by atoms with Crippen molar-refractivity contribution < 1.29 is 9.59 Å². The first-order chi connectivity index (χ1) is 6.50. The van der Waals surface area contributed by atoms with E-state index in [4.69, 9.17) is 0 Å². The second kappa shape index (κ2) is 4.04. The van der Waals surface area contributed by atoms with Gasteiger partial charge < -0.3 is 4.90 Å². The van der Waals surface area contributed by atoms with Crippen molar-refractivity contribution in [2.24, 2.45) is 0 Å². The minimum absolute atomic E-state index is 0.0476. The number of nitrogens with zero attached hydrogens (tertiary/aromatic N) is 3. The maximum absolute atomic E-state index is 11.3. The first kappa shape index (κ1) is 10.4. The lowest BCUT2D eigenvalue weighted by molar-refractivity contribution is -0.129. The van der Waals surface area contributed by atoms with Gasteiger partial charge in [-0.2, -0.15) is 5.10 Å². The van der Waals surface area contributed by atoms with Crippen LogP contribution in [-0.2, 0) is 11.3 Å². The van der Waals surface area contributed by atoms with Gasteiger partial charge in [0.25, 0.3) is 0 Å². The fourth-order valence-corrected chi connectivity index (χ4v) is 0.912. The van der Waals surface area contributed by atoms with Crippen molar-refractivity contribution in [3.8, 4) is 0 Å². The summed E-state index contributed by atoms with van der Waals surface area (Å²) in [6.45, 7) is 1.63. The number of aromatic nitrogens is 2. The molecule has 14 heavy (non-hydrogen) atoms. The molecule has 0 aliphatic heterocycles. The lowest BCUT2D eigenvalue weighted by Crippen LogP contribution is -2.26. The zero-order chi connectivity index (χ0) is 10.7. The Morgan fingerprint density at radius 3 is 2.57 bits per heavy atom. The van der Waals surface area contributed by atoms with Gasteiger partial charge in [-0.05, 0) is 6.92 Å². The van der Waals surface area contributed by atoms with E-state index in [0.29, 0.717) is 5.56 Å². The molecule has 5 heteroatoms. The van der Waals surface area contributed by atoms with Gasteiger partial charge in [-0.25, -0.2) is 0 Å². The summed E-state index contributed by atoms with van der Waals surface area (Å²) in [6, 6.07) is 0. The molecule has 0 aromatic carbocycles. The minimum Gasteiger partial charge on any atom is -0.347 e. The molecule has 0 saturated carbocycles. The number of amides is 1. The quantitative estimate of drug-likeness (QED) is 0.646. The van der Waals surface area contributed by atoms with Gasteiger partial charge in [0.2, 0.25) is 5.91 Å². The van der Waals surface area contributed by atoms with Gasteiger partial charge in [0.1, 0.15) is 6.54 Å². The summed E-state index contributed by atoms with van der Waals surface area (Å²) in [6.07, 6.45) is 3.04. The second-order valence-electron chi connectivity index (χ2n) is 3.27. The highest BCUT2D eigenvalue weighted by Crippen LogP contribution is 1.98. The normalized spacial score (nSPS) is 9.93. The van der Waals surface area contributed by atoms with E-state index in [0.717, 1.165) is 0 Å². The van der Waals surface area contributed by atoms with Crippen LogP contribution in [0.3, 0.4) is 0 Å². The van der Waals surface area contributed by atoms with Crippen molar-refractivity contribution in [2.45, 2.75) is 13.5 Å². The van der Waals surface area contributed by atoms with Crippen molar-refractivity contribution >= 4 is 11.7 Å². The van der Waals surface area contributed by atoms with Crippen LogP contribution in [0.1, 0.15) is 17.3 Å². The molecular formula is C9H13N3O2. The van der Waals surface area contributed by atoms with E-state index in [1.165, 1.54) is 22.7 Å². The number of carbonyl (C=O) groups is 2. The third-order valence-corrected chi connectivity index (χ3v) is 1.84. The van der Waals surface area contributed by atoms with Crippen LogP contribution in [0.2, 0.25) is 0 Å². The number of hydrogen-bond donors (Lipinski definition) is 0. The zero-order valence-corrected chi connectivity index (χ0v) is 8.52. The third-order valence-electron chi connectivity index (χ3n) is 1.84. The van der Waals surface area contributed by atoms with Crippen LogP contribution < -0.4 is 0 Å². The largest absolute Gasteiger partial charge is 0.347 e. The Bertz CT molecular complexity index is 355. The molecule has 0 saturated heterocycles. The number of Topliss-reactive ketones (excluding diaryl/α,β-unsaturated/α-hetero) is 1. The van der Waals surface area contributed by atoms with Crippen molar-refractivity contribution in [1.29, 1.82) is 0 Å². The number of rotatable bonds is 3. The van der Waals surface area contributed by atoms with Gasteiger partial charge in [0.15, 0.2) is 5.78 Å². The lowest BCUT2D eigenvalue weighted by atomic mass is 10.3. The maximum atomic E-state index is 11.3. The number of likely N-dealkylation sites (N-methyl/N-ethyl adjacent to an activating group) is 1. The second-order valence-corrected chi connectivity index (χ2v) is 3.27. The average Bonchev–Trinajstić information content (AvgIpc) is 2.52. The molecule has 0 aliphatic carbocycles. The van der Waals surface area contributed by atoms with Crippen molar-refractivity contribution in [3.05, 3.63) is 18.0 Å². The van der Waals surface area contributed by atoms with Gasteiger partial charge in [0, 0.05) is 20.3 Å². The van der Waals surface area contributed by atoms with Gasteiger partial charge in [-0.3, -0.25) is 14.3 Å². The molecule has 1 aromatic rings. The Balaban J connectivity index is 2.69. The Morgan fingerprint density at radius 1 is 1.50 bits per heavy atom. The van der Waals surface area contributed by atoms with Gasteiger partial charge >= 0.3 is 0 Å². The van der Waals surface area contributed by atoms with Crippen molar-refractivity contribution in [2.75, 3.05) is 14.1 Å². The van der Waals surface area contributed by atoms with E-state index in [-0.39, 0.29) is 18.2 Å². The van der Waals surface area contributed by atoms with Crippen LogP contribution in [-0.4, -0.2) is 40.5 Å². The number of carbonyl (C=O) groups excluding carboxylic acids is 2. The molecule has 0 unspecified atom stereocenters. The van der Waals surface area contributed by atoms with Gasteiger partial charge in [-0.15, -0.1) is 0 Å². The van der Waals surface area contributed by atoms with Crippen LogP contribution in [0.15, 0.2) is 12.4 Å². The van der Waals surface area contributed by atoms with E-state index in [1.807, 2.05) is 0 Å². The van der Waals surface area contributed by atoms with Crippen LogP contribution in [0, 0.1) is 0 Å². The Hall–Kier alpha value is -1.65. The Morgan fingerprint density at radius 2 is 2.14 bits per heavy atom. The van der Waals surface area contributed by atoms with E-state index >= 15 is 0 Å². The summed E-state index contributed by atoms with van der Waals surface area (Å²) in [7, 11) is 3.36. The summed E-state index contributed by atoms with van der Waals surface area (Å²) in [5, 5.41) is 3.91. The van der Waals surface area contributed by atoms with Crippen LogP contribution in [0.4, 0.5) is 0 Å². The van der Waals surface area contributed by atoms with Crippen LogP contribution in [0.5, 0.6) is 0 Å². The third kappa shape index (κ3) is 2.42. The van der Waals surface area contributed by atoms with E-state index in [2.05, 4.69) is 5.10 Å². The molecule has 0 bridgehead atoms. The lowest BCUT2D eigenvalue weighted by Gasteiger charge is -2.09. The Kier molecular flexibility index (Phi) is 3.01. The maximum Gasteiger partial charge on any atom is 0.243 e. The fraction of sp³-hybridized carbons (Fsp3) is 0.444. The number of hydrogen-bond acceptors (Lipinski definition) is 3. The van der Waals surface area contributed by atoms with Gasteiger partial charge in [0.05, 0.1) is 11.8 Å². The van der Waals surface area contributed by atoms with E-state index in [1.54, 1.807) is 20.3 Å². The van der Waals surface area contributed by atoms with Gasteiger partial charge in [-0.1, -0.05) is 0 Å². The minimum atomic E-state index is -0.0526. The molecule has 1 aromatic heterocycles. The summed E-state index contributed by atoms with van der Waals surface area (Å²) in [5.74, 6) is -0.100. The van der Waals surface area contributed by atoms with Crippen LogP contribution in [0.25, 0.3) is 0 Å². The average molecular weight is 195 g/mol. The molecule has 1 amide bonds. The molecule has 76 valence electrons. The first-order valence-corrected chi connectivity index (χ1v) is 4.24. The molecule has 0 aliphatic rings. The predicted octanol–water partition coefficient (Wildman–Crippen LogP) is 0.174. The summed E-state index contributed by atoms with van der Waals surface area (Å²) >= 11 is 0. The number of ketones is 1. The molecular weight excluding hydrogens is 182 g/mol. The van der Waals surface area contributed by atoms with E-state index in [9.17, 15) is 9.59 Å². The monoisotopic (exact) mass is 195 g/mol. The highest BCUT2D eigenvalue weighted by Gasteiger charge is 2.07. The molecule has 0 radical (unpaired) electrons. The highest BCUT2D eigenvalue weighted by atomic mass is 16.2. The van der Waals surface area contributed by atoms with Crippen LogP contribution >= 0.6 is 0 Å². The molecule has 0 fully saturated rings. The zero-order valence-electron chi connectivity index (χ0n) is 8.52. The molecule has 0 atom stereocenters. The SMILES string of the molecule is CC(=O)c1cnn(CC(=O)N(C)C)c1. The molecule has 5 nitrogen and oxygen atoms in total. The highest BCUT2D eigenvalue weighted by molar-refractivity contribution is 5.93. The molecule has 1 heterocycles. The molecule has 0 N–H and O–H groups in total. The Labute approximate surface area is 82.3 Å². The molecule has 1 rings (SSSR count). The fourth-order valence-electron chi connectivity index (χ4n) is 0.912. The standard InChI is InChI=1S/C9H13N3O2/c1-7(13)8-4-10-12(5-8)6-9(14)11(2)3/h4-5H,6H2,1-3H3. The van der Waals surface area contributed by atoms with Crippen molar-refractivity contribution in [3.63, 3.8) is 0 Å². The smallest absolute Gasteiger partial charge is 0.243 e. The summed E-state index contributed by atoms with van der Waals surface area (Å²) < 4.78 is 1.46. The van der Waals surface area contributed by atoms with E-state index < -0.39 is 0 Å². The predicted molar refractivity (Wildman–Crippen MR) is 50.9 cm³/mol.